The van der Waals surface area contributed by atoms with Crippen molar-refractivity contribution in [2.75, 3.05) is 24.6 Å². The minimum Gasteiger partial charge on any atom is -0.394 e. The lowest BCUT2D eigenvalue weighted by Gasteiger charge is -2.27. The van der Waals surface area contributed by atoms with E-state index in [4.69, 9.17) is 11.6 Å². The van der Waals surface area contributed by atoms with E-state index in [1.807, 2.05) is 13.0 Å². The maximum atomic E-state index is 13.1. The number of aliphatic hydroxyl groups excluding tert-OH is 1. The van der Waals surface area contributed by atoms with E-state index in [1.54, 1.807) is 17.3 Å². The van der Waals surface area contributed by atoms with E-state index >= 15 is 0 Å². The van der Waals surface area contributed by atoms with Gasteiger partial charge in [0.05, 0.1) is 41.3 Å². The first-order valence-corrected chi connectivity index (χ1v) is 10.7. The quantitative estimate of drug-likeness (QED) is 0.673. The first-order chi connectivity index (χ1) is 14.6. The van der Waals surface area contributed by atoms with E-state index < -0.39 is 0 Å². The number of aromatic amines is 1. The second kappa shape index (κ2) is 7.56. The van der Waals surface area contributed by atoms with Gasteiger partial charge in [-0.3, -0.25) is 4.79 Å². The van der Waals surface area contributed by atoms with Gasteiger partial charge in [-0.05, 0) is 25.3 Å². The van der Waals surface area contributed by atoms with Gasteiger partial charge in [-0.1, -0.05) is 23.7 Å². The standard InChI is InChI=1S/C22H24ClN5O2/c1-13-4-5-16-17-11-27(8-6-18(17)26-20(16)19(13)23)22(30)21-24-9-15(10-25-21)28-7-2-3-14(28)12-29/h4-5,9-10,14,26,29H,2-3,6-8,11-12H2,1H3/t14-/m0/s1. The van der Waals surface area contributed by atoms with Crippen molar-refractivity contribution in [3.8, 4) is 0 Å². The number of H-pyrrole nitrogens is 1. The van der Waals surface area contributed by atoms with Crippen LogP contribution in [-0.2, 0) is 13.0 Å². The Morgan fingerprint density at radius 3 is 2.87 bits per heavy atom. The van der Waals surface area contributed by atoms with Crippen LogP contribution < -0.4 is 4.90 Å². The van der Waals surface area contributed by atoms with Gasteiger partial charge in [0.15, 0.2) is 0 Å². The molecule has 2 aromatic heterocycles. The molecule has 1 aromatic carbocycles. The third-order valence-electron chi connectivity index (χ3n) is 6.32. The monoisotopic (exact) mass is 425 g/mol. The summed E-state index contributed by atoms with van der Waals surface area (Å²) < 4.78 is 0. The molecule has 7 nitrogen and oxygen atoms in total. The molecular weight excluding hydrogens is 402 g/mol. The number of halogens is 1. The van der Waals surface area contributed by atoms with Gasteiger partial charge in [-0.15, -0.1) is 0 Å². The molecule has 1 saturated heterocycles. The third-order valence-corrected chi connectivity index (χ3v) is 6.80. The summed E-state index contributed by atoms with van der Waals surface area (Å²) in [6.45, 7) is 4.10. The molecule has 0 saturated carbocycles. The fourth-order valence-corrected chi connectivity index (χ4v) is 4.83. The molecule has 1 amide bonds. The number of nitrogens with one attached hydrogen (secondary N) is 1. The summed E-state index contributed by atoms with van der Waals surface area (Å²) in [7, 11) is 0. The number of benzene rings is 1. The van der Waals surface area contributed by atoms with Crippen LogP contribution in [0.4, 0.5) is 5.69 Å². The van der Waals surface area contributed by atoms with Crippen LogP contribution in [0, 0.1) is 6.92 Å². The summed E-state index contributed by atoms with van der Waals surface area (Å²) in [5.74, 6) is 0.0375. The van der Waals surface area contributed by atoms with Crippen molar-refractivity contribution in [2.24, 2.45) is 0 Å². The number of nitrogens with zero attached hydrogens (tertiary/aromatic N) is 4. The Balaban J connectivity index is 1.37. The Labute approximate surface area is 179 Å². The lowest BCUT2D eigenvalue weighted by molar-refractivity contribution is 0.0722. The number of aliphatic hydroxyl groups is 1. The molecule has 156 valence electrons. The molecule has 1 fully saturated rings. The van der Waals surface area contributed by atoms with E-state index in [9.17, 15) is 9.90 Å². The van der Waals surface area contributed by atoms with Gasteiger partial charge in [0, 0.05) is 42.7 Å². The SMILES string of the molecule is Cc1ccc2c3c([nH]c2c1Cl)CCN(C(=O)c1ncc(N2CCC[C@H]2CO)cn1)C3. The van der Waals surface area contributed by atoms with Crippen LogP contribution in [0.15, 0.2) is 24.5 Å². The number of carbonyl (C=O) groups is 1. The van der Waals surface area contributed by atoms with Gasteiger partial charge < -0.3 is 19.9 Å². The molecule has 1 atom stereocenters. The average Bonchev–Trinajstić information content (AvgIpc) is 3.40. The van der Waals surface area contributed by atoms with Crippen LogP contribution in [0.3, 0.4) is 0 Å². The Morgan fingerprint density at radius 1 is 1.30 bits per heavy atom. The fraction of sp³-hybridized carbons (Fsp3) is 0.409. The van der Waals surface area contributed by atoms with Crippen molar-refractivity contribution in [1.29, 1.82) is 0 Å². The molecule has 2 N–H and O–H groups in total. The van der Waals surface area contributed by atoms with Crippen molar-refractivity contribution in [3.63, 3.8) is 0 Å². The maximum absolute atomic E-state index is 13.1. The highest BCUT2D eigenvalue weighted by Gasteiger charge is 2.28. The van der Waals surface area contributed by atoms with Gasteiger partial charge in [0.2, 0.25) is 5.82 Å². The molecule has 30 heavy (non-hydrogen) atoms. The zero-order valence-corrected chi connectivity index (χ0v) is 17.6. The molecule has 0 spiro atoms. The number of rotatable bonds is 3. The van der Waals surface area contributed by atoms with Crippen molar-refractivity contribution >= 4 is 34.1 Å². The molecule has 4 heterocycles. The molecule has 0 bridgehead atoms. The van der Waals surface area contributed by atoms with E-state index in [-0.39, 0.29) is 24.4 Å². The third kappa shape index (κ3) is 3.13. The van der Waals surface area contributed by atoms with Gasteiger partial charge in [0.1, 0.15) is 0 Å². The van der Waals surface area contributed by atoms with Crippen molar-refractivity contribution in [2.45, 2.75) is 38.8 Å². The minimum absolute atomic E-state index is 0.105. The lowest BCUT2D eigenvalue weighted by atomic mass is 10.0. The summed E-state index contributed by atoms with van der Waals surface area (Å²) in [6, 6.07) is 4.19. The molecule has 2 aliphatic heterocycles. The second-order valence-corrected chi connectivity index (χ2v) is 8.49. The number of aryl methyl sites for hydroxylation is 1. The highest BCUT2D eigenvalue weighted by atomic mass is 35.5. The summed E-state index contributed by atoms with van der Waals surface area (Å²) in [5, 5.41) is 11.3. The van der Waals surface area contributed by atoms with Gasteiger partial charge in [0.25, 0.3) is 5.91 Å². The van der Waals surface area contributed by atoms with E-state index in [1.165, 1.54) is 0 Å². The fourth-order valence-electron chi connectivity index (χ4n) is 4.61. The number of carbonyl (C=O) groups excluding carboxylic acids is 1. The smallest absolute Gasteiger partial charge is 0.291 e. The Hall–Kier alpha value is -2.64. The normalized spacial score (nSPS) is 18.8. The number of amides is 1. The van der Waals surface area contributed by atoms with Crippen molar-refractivity contribution in [3.05, 3.63) is 52.2 Å². The van der Waals surface area contributed by atoms with E-state index in [0.717, 1.165) is 64.2 Å². The molecule has 0 unspecified atom stereocenters. The van der Waals surface area contributed by atoms with Crippen LogP contribution in [-0.4, -0.2) is 56.6 Å². The number of hydrogen-bond donors (Lipinski definition) is 2. The minimum atomic E-state index is -0.167. The number of fused-ring (bicyclic) bond motifs is 3. The second-order valence-electron chi connectivity index (χ2n) is 8.11. The predicted octanol–water partition coefficient (Wildman–Crippen LogP) is 3.08. The average molecular weight is 426 g/mol. The summed E-state index contributed by atoms with van der Waals surface area (Å²) in [5.41, 5.74) is 5.09. The molecular formula is C22H24ClN5O2. The zero-order chi connectivity index (χ0) is 20.8. The largest absolute Gasteiger partial charge is 0.394 e. The summed E-state index contributed by atoms with van der Waals surface area (Å²) >= 11 is 6.48. The highest BCUT2D eigenvalue weighted by Crippen LogP contribution is 2.33. The molecule has 2 aliphatic rings. The van der Waals surface area contributed by atoms with E-state index in [0.29, 0.717) is 13.1 Å². The Bertz CT molecular complexity index is 1110. The van der Waals surface area contributed by atoms with Crippen LogP contribution in [0.2, 0.25) is 5.02 Å². The van der Waals surface area contributed by atoms with Crippen LogP contribution in [0.25, 0.3) is 10.9 Å². The maximum Gasteiger partial charge on any atom is 0.291 e. The van der Waals surface area contributed by atoms with Gasteiger partial charge in [-0.2, -0.15) is 0 Å². The van der Waals surface area contributed by atoms with Crippen LogP contribution >= 0.6 is 11.6 Å². The van der Waals surface area contributed by atoms with Crippen molar-refractivity contribution < 1.29 is 9.90 Å². The van der Waals surface area contributed by atoms with Gasteiger partial charge >= 0.3 is 0 Å². The number of anilines is 1. The van der Waals surface area contributed by atoms with Gasteiger partial charge in [-0.25, -0.2) is 9.97 Å². The molecule has 5 rings (SSSR count). The molecule has 0 aliphatic carbocycles. The highest BCUT2D eigenvalue weighted by molar-refractivity contribution is 6.36. The Kier molecular flexibility index (Phi) is 4.87. The predicted molar refractivity (Wildman–Crippen MR) is 116 cm³/mol. The first kappa shape index (κ1) is 19.3. The number of aromatic nitrogens is 3. The summed E-state index contributed by atoms with van der Waals surface area (Å²) in [6.07, 6.45) is 6.13. The van der Waals surface area contributed by atoms with Crippen molar-refractivity contribution in [1.82, 2.24) is 19.9 Å². The molecule has 0 radical (unpaired) electrons. The first-order valence-electron chi connectivity index (χ1n) is 10.3. The molecule has 8 heteroatoms. The zero-order valence-electron chi connectivity index (χ0n) is 16.9. The van der Waals surface area contributed by atoms with Crippen LogP contribution in [0.5, 0.6) is 0 Å². The lowest BCUT2D eigenvalue weighted by Crippen LogP contribution is -2.37. The van der Waals surface area contributed by atoms with Crippen LogP contribution in [0.1, 0.15) is 40.3 Å². The van der Waals surface area contributed by atoms with E-state index in [2.05, 4.69) is 25.9 Å². The Morgan fingerprint density at radius 2 is 2.10 bits per heavy atom. The topological polar surface area (TPSA) is 85.4 Å². The number of hydrogen-bond acceptors (Lipinski definition) is 5. The summed E-state index contributed by atoms with van der Waals surface area (Å²) in [4.78, 5) is 29.1. The molecule has 3 aromatic rings.